The van der Waals surface area contributed by atoms with Crippen LogP contribution in [0.2, 0.25) is 0 Å². The van der Waals surface area contributed by atoms with E-state index >= 15 is 0 Å². The Morgan fingerprint density at radius 3 is 2.36 bits per heavy atom. The Hall–Kier alpha value is -2.51. The molecule has 7 heteroatoms. The van der Waals surface area contributed by atoms with E-state index < -0.39 is 0 Å². The van der Waals surface area contributed by atoms with Crippen molar-refractivity contribution in [2.75, 3.05) is 23.9 Å². The highest BCUT2D eigenvalue weighted by Gasteiger charge is 2.33. The van der Waals surface area contributed by atoms with Crippen LogP contribution < -0.4 is 9.80 Å². The van der Waals surface area contributed by atoms with Crippen LogP contribution in [0.15, 0.2) is 47.4 Å². The molecular weight excluding hydrogens is 356 g/mol. The van der Waals surface area contributed by atoms with Crippen LogP contribution >= 0.6 is 24.0 Å². The van der Waals surface area contributed by atoms with E-state index in [9.17, 15) is 15.0 Å². The molecule has 2 N–H and O–H groups in total. The fourth-order valence-electron chi connectivity index (χ4n) is 2.37. The molecule has 0 atom stereocenters. The largest absolute Gasteiger partial charge is 0.504 e. The predicted molar refractivity (Wildman–Crippen MR) is 106 cm³/mol. The lowest BCUT2D eigenvalue weighted by Gasteiger charge is -2.17. The third-order valence-corrected chi connectivity index (χ3v) is 5.02. The number of anilines is 2. The van der Waals surface area contributed by atoms with Gasteiger partial charge in [0.25, 0.3) is 5.91 Å². The summed E-state index contributed by atoms with van der Waals surface area (Å²) in [6.45, 7) is 0. The van der Waals surface area contributed by atoms with Crippen LogP contribution in [-0.4, -0.2) is 34.5 Å². The van der Waals surface area contributed by atoms with Gasteiger partial charge in [0, 0.05) is 19.8 Å². The molecule has 128 valence electrons. The molecule has 3 rings (SSSR count). The van der Waals surface area contributed by atoms with Gasteiger partial charge in [-0.25, -0.2) is 0 Å². The highest BCUT2D eigenvalue weighted by molar-refractivity contribution is 8.27. The summed E-state index contributed by atoms with van der Waals surface area (Å²) in [4.78, 5) is 16.7. The summed E-state index contributed by atoms with van der Waals surface area (Å²) in [7, 11) is 3.90. The summed E-state index contributed by atoms with van der Waals surface area (Å²) < 4.78 is 0.455. The van der Waals surface area contributed by atoms with E-state index in [1.165, 1.54) is 28.8 Å². The average Bonchev–Trinajstić information content (AvgIpc) is 2.85. The zero-order valence-electron chi connectivity index (χ0n) is 13.6. The Bertz CT molecular complexity index is 876. The molecule has 0 spiro atoms. The van der Waals surface area contributed by atoms with Crippen molar-refractivity contribution in [3.05, 3.63) is 52.9 Å². The highest BCUT2D eigenvalue weighted by atomic mass is 32.2. The average molecular weight is 372 g/mol. The third-order valence-electron chi connectivity index (χ3n) is 3.72. The van der Waals surface area contributed by atoms with Crippen molar-refractivity contribution < 1.29 is 15.0 Å². The number of thioether (sulfide) groups is 1. The fraction of sp³-hybridized carbons (Fsp3) is 0.111. The number of carbonyl (C=O) groups excluding carboxylic acids is 1. The van der Waals surface area contributed by atoms with Crippen LogP contribution in [0.4, 0.5) is 11.4 Å². The quantitative estimate of drug-likeness (QED) is 0.488. The first-order valence-corrected chi connectivity index (χ1v) is 8.66. The number of nitrogens with zero attached hydrogens (tertiary/aromatic N) is 2. The van der Waals surface area contributed by atoms with Crippen molar-refractivity contribution in [1.29, 1.82) is 0 Å². The summed E-state index contributed by atoms with van der Waals surface area (Å²) in [5.74, 6) is -0.644. The van der Waals surface area contributed by atoms with Gasteiger partial charge in [-0.3, -0.25) is 9.69 Å². The summed E-state index contributed by atoms with van der Waals surface area (Å²) in [5.41, 5.74) is 2.35. The molecule has 5 nitrogen and oxygen atoms in total. The number of hydrogen-bond donors (Lipinski definition) is 2. The minimum atomic E-state index is -0.233. The van der Waals surface area contributed by atoms with Crippen LogP contribution in [0, 0.1) is 0 Å². The Morgan fingerprint density at radius 2 is 1.76 bits per heavy atom. The van der Waals surface area contributed by atoms with Crippen molar-refractivity contribution >= 4 is 51.7 Å². The van der Waals surface area contributed by atoms with Crippen molar-refractivity contribution in [2.24, 2.45) is 0 Å². The number of phenolic OH excluding ortho intramolecular Hbond substituents is 2. The number of rotatable bonds is 3. The zero-order valence-corrected chi connectivity index (χ0v) is 15.3. The fourth-order valence-corrected chi connectivity index (χ4v) is 3.67. The summed E-state index contributed by atoms with van der Waals surface area (Å²) in [5, 5.41) is 19.0. The third kappa shape index (κ3) is 3.47. The molecule has 0 radical (unpaired) electrons. The Kier molecular flexibility index (Phi) is 4.69. The maximum atomic E-state index is 12.7. The van der Waals surface area contributed by atoms with Gasteiger partial charge in [0.1, 0.15) is 0 Å². The second kappa shape index (κ2) is 6.78. The Labute approximate surface area is 155 Å². The molecule has 0 saturated carbocycles. The maximum absolute atomic E-state index is 12.7. The van der Waals surface area contributed by atoms with Gasteiger partial charge in [-0.15, -0.1) is 0 Å². The molecule has 2 aromatic carbocycles. The molecule has 1 aliphatic heterocycles. The van der Waals surface area contributed by atoms with Crippen molar-refractivity contribution in [3.63, 3.8) is 0 Å². The molecule has 1 amide bonds. The summed E-state index contributed by atoms with van der Waals surface area (Å²) >= 11 is 6.56. The normalized spacial score (nSPS) is 15.9. The van der Waals surface area contributed by atoms with Gasteiger partial charge in [0.15, 0.2) is 15.8 Å². The number of benzene rings is 2. The predicted octanol–water partition coefficient (Wildman–Crippen LogP) is 3.57. The standard InChI is InChI=1S/C18H16N2O3S2/c1-19(2)12-4-6-13(7-5-12)20-17(23)16(25-18(20)24)10-11-3-8-14(21)15(22)9-11/h3-10,21-22H,1-2H3/b16-10+. The maximum Gasteiger partial charge on any atom is 0.270 e. The number of aromatic hydroxyl groups is 2. The van der Waals surface area contributed by atoms with E-state index in [0.29, 0.717) is 20.5 Å². The number of thiocarbonyl (C=S) groups is 1. The number of carbonyl (C=O) groups is 1. The topological polar surface area (TPSA) is 64.0 Å². The second-order valence-corrected chi connectivity index (χ2v) is 7.35. The van der Waals surface area contributed by atoms with Gasteiger partial charge in [-0.2, -0.15) is 0 Å². The van der Waals surface area contributed by atoms with E-state index in [0.717, 1.165) is 5.69 Å². The van der Waals surface area contributed by atoms with Crippen molar-refractivity contribution in [3.8, 4) is 11.5 Å². The van der Waals surface area contributed by atoms with Crippen LogP contribution in [-0.2, 0) is 4.79 Å². The molecular formula is C18H16N2O3S2. The second-order valence-electron chi connectivity index (χ2n) is 5.68. The summed E-state index contributed by atoms with van der Waals surface area (Å²) in [6.07, 6.45) is 1.65. The first-order valence-electron chi connectivity index (χ1n) is 7.44. The molecule has 2 aromatic rings. The smallest absolute Gasteiger partial charge is 0.270 e. The van der Waals surface area contributed by atoms with Crippen molar-refractivity contribution in [1.82, 2.24) is 0 Å². The molecule has 0 aromatic heterocycles. The van der Waals surface area contributed by atoms with E-state index in [1.54, 1.807) is 12.1 Å². The van der Waals surface area contributed by atoms with Gasteiger partial charge in [0.05, 0.1) is 10.6 Å². The summed E-state index contributed by atoms with van der Waals surface area (Å²) in [6, 6.07) is 12.0. The lowest BCUT2D eigenvalue weighted by atomic mass is 10.2. The first-order chi connectivity index (χ1) is 11.9. The van der Waals surface area contributed by atoms with E-state index in [1.807, 2.05) is 43.3 Å². The number of hydrogen-bond acceptors (Lipinski definition) is 6. The van der Waals surface area contributed by atoms with Crippen molar-refractivity contribution in [2.45, 2.75) is 0 Å². The Balaban J connectivity index is 1.89. The van der Waals surface area contributed by atoms with Crippen LogP contribution in [0.1, 0.15) is 5.56 Å². The molecule has 1 heterocycles. The van der Waals surface area contributed by atoms with Crippen LogP contribution in [0.25, 0.3) is 6.08 Å². The first kappa shape index (κ1) is 17.3. The van der Waals surface area contributed by atoms with Gasteiger partial charge < -0.3 is 15.1 Å². The lowest BCUT2D eigenvalue weighted by Crippen LogP contribution is -2.27. The van der Waals surface area contributed by atoms with Crippen LogP contribution in [0.3, 0.4) is 0 Å². The van der Waals surface area contributed by atoms with E-state index in [-0.39, 0.29) is 17.4 Å². The van der Waals surface area contributed by atoms with E-state index in [2.05, 4.69) is 0 Å². The molecule has 25 heavy (non-hydrogen) atoms. The monoisotopic (exact) mass is 372 g/mol. The molecule has 1 aliphatic rings. The van der Waals surface area contributed by atoms with Gasteiger partial charge >= 0.3 is 0 Å². The molecule has 0 bridgehead atoms. The molecule has 0 unspecified atom stereocenters. The highest BCUT2D eigenvalue weighted by Crippen LogP contribution is 2.37. The van der Waals surface area contributed by atoms with E-state index in [4.69, 9.17) is 12.2 Å². The van der Waals surface area contributed by atoms with Crippen LogP contribution in [0.5, 0.6) is 11.5 Å². The zero-order chi connectivity index (χ0) is 18.1. The Morgan fingerprint density at radius 1 is 1.08 bits per heavy atom. The number of amides is 1. The molecule has 1 saturated heterocycles. The SMILES string of the molecule is CN(C)c1ccc(N2C(=O)/C(=C\c3ccc(O)c(O)c3)SC2=S)cc1. The van der Waals surface area contributed by atoms with Gasteiger partial charge in [0.2, 0.25) is 0 Å². The lowest BCUT2D eigenvalue weighted by molar-refractivity contribution is -0.113. The van der Waals surface area contributed by atoms with Gasteiger partial charge in [-0.05, 0) is 48.0 Å². The van der Waals surface area contributed by atoms with Gasteiger partial charge in [-0.1, -0.05) is 30.0 Å². The minimum Gasteiger partial charge on any atom is -0.504 e. The minimum absolute atomic E-state index is 0.203. The number of phenols is 2. The molecule has 0 aliphatic carbocycles. The molecule has 1 fully saturated rings.